The Labute approximate surface area is 385 Å². The molecule has 0 radical (unpaired) electrons. The summed E-state index contributed by atoms with van der Waals surface area (Å²) < 4.78 is 39.6. The third-order valence-corrected chi connectivity index (χ3v) is 12.4. The molecule has 6 aromatic rings. The van der Waals surface area contributed by atoms with Crippen LogP contribution in [0.4, 0.5) is 17.1 Å². The van der Waals surface area contributed by atoms with E-state index in [1.54, 1.807) is 30.8 Å². The van der Waals surface area contributed by atoms with Crippen LogP contribution >= 0.6 is 0 Å². The molecule has 66 heavy (non-hydrogen) atoms. The van der Waals surface area contributed by atoms with Crippen LogP contribution in [0.5, 0.6) is 17.2 Å². The number of imide groups is 1. The first-order valence-electron chi connectivity index (χ1n) is 22.8. The van der Waals surface area contributed by atoms with Gasteiger partial charge in [-0.3, -0.25) is 14.5 Å². The van der Waals surface area contributed by atoms with Gasteiger partial charge in [0, 0.05) is 60.9 Å². The van der Waals surface area contributed by atoms with Crippen LogP contribution in [0.3, 0.4) is 0 Å². The minimum atomic E-state index is -0.293. The number of ether oxygens (including phenoxy) is 6. The Bertz CT molecular complexity index is 2610. The van der Waals surface area contributed by atoms with Crippen molar-refractivity contribution in [3.63, 3.8) is 0 Å². The molecule has 3 aliphatic rings. The summed E-state index contributed by atoms with van der Waals surface area (Å²) in [4.78, 5) is 34.7. The Hall–Kier alpha value is -6.68. The highest BCUT2D eigenvalue weighted by molar-refractivity contribution is 6.26. The molecule has 5 aromatic carbocycles. The van der Waals surface area contributed by atoms with Crippen LogP contribution in [0.2, 0.25) is 0 Å². The van der Waals surface area contributed by atoms with Crippen molar-refractivity contribution >= 4 is 39.6 Å². The lowest BCUT2D eigenvalue weighted by atomic mass is 9.90. The first-order valence-corrected chi connectivity index (χ1v) is 22.8. The second-order valence-corrected chi connectivity index (χ2v) is 16.6. The van der Waals surface area contributed by atoms with E-state index in [9.17, 15) is 9.59 Å². The molecule has 0 N–H and O–H groups in total. The molecule has 4 heterocycles. The fourth-order valence-corrected chi connectivity index (χ4v) is 8.95. The maximum Gasteiger partial charge on any atom is 0.261 e. The Kier molecular flexibility index (Phi) is 13.6. The molecule has 1 fully saturated rings. The number of aromatic nitrogens is 3. The topological polar surface area (TPSA) is 133 Å². The number of rotatable bonds is 5. The molecular weight excluding hydrogens is 839 g/mol. The summed E-state index contributed by atoms with van der Waals surface area (Å²) in [7, 11) is 1.66. The van der Waals surface area contributed by atoms with E-state index in [4.69, 9.17) is 28.4 Å². The number of hydrogen-bond acceptors (Lipinski definition) is 13. The van der Waals surface area contributed by atoms with Crippen molar-refractivity contribution in [1.29, 1.82) is 0 Å². The second-order valence-electron chi connectivity index (χ2n) is 16.6. The van der Waals surface area contributed by atoms with E-state index in [1.807, 2.05) is 42.6 Å². The zero-order chi connectivity index (χ0) is 45.6. The summed E-state index contributed by atoms with van der Waals surface area (Å²) in [5.41, 5.74) is 8.16. The number of carbonyl (C=O) groups excluding carboxylic acids is 2. The van der Waals surface area contributed by atoms with Gasteiger partial charge in [0.25, 0.3) is 11.8 Å². The van der Waals surface area contributed by atoms with E-state index in [0.717, 1.165) is 56.3 Å². The number of carbonyl (C=O) groups is 2. The molecule has 0 saturated carbocycles. The van der Waals surface area contributed by atoms with Gasteiger partial charge in [0.1, 0.15) is 36.2 Å². The number of nitrogens with zero attached hydrogens (tertiary/aromatic N) is 7. The smallest absolute Gasteiger partial charge is 0.261 e. The summed E-state index contributed by atoms with van der Waals surface area (Å²) in [6, 6.07) is 27.8. The van der Waals surface area contributed by atoms with E-state index >= 15 is 0 Å². The molecule has 15 nitrogen and oxygen atoms in total. The minimum Gasteiger partial charge on any atom is -0.495 e. The largest absolute Gasteiger partial charge is 0.495 e. The fourth-order valence-electron chi connectivity index (χ4n) is 8.95. The first-order chi connectivity index (χ1) is 32.3. The number of aryl methyl sites for hydroxylation is 2. The zero-order valence-corrected chi connectivity index (χ0v) is 38.2. The van der Waals surface area contributed by atoms with Gasteiger partial charge < -0.3 is 43.1 Å². The number of fused-ring (bicyclic) bond motifs is 10. The lowest BCUT2D eigenvalue weighted by Gasteiger charge is -2.30. The Morgan fingerprint density at radius 3 is 1.71 bits per heavy atom. The van der Waals surface area contributed by atoms with Gasteiger partial charge in [-0.15, -0.1) is 5.10 Å². The van der Waals surface area contributed by atoms with Gasteiger partial charge in [-0.1, -0.05) is 35.5 Å². The Balaban J connectivity index is 1.03. The van der Waals surface area contributed by atoms with E-state index < -0.39 is 0 Å². The predicted octanol–water partition coefficient (Wildman–Crippen LogP) is 6.98. The van der Waals surface area contributed by atoms with Crippen molar-refractivity contribution in [3.8, 4) is 34.2 Å². The van der Waals surface area contributed by atoms with Gasteiger partial charge in [-0.25, -0.2) is 4.68 Å². The van der Waals surface area contributed by atoms with E-state index in [-0.39, 0.29) is 11.8 Å². The highest BCUT2D eigenvalue weighted by Gasteiger charge is 2.32. The maximum absolute atomic E-state index is 13.3. The van der Waals surface area contributed by atoms with E-state index in [1.165, 1.54) is 4.90 Å². The molecule has 2 bridgehead atoms. The third-order valence-electron chi connectivity index (χ3n) is 12.4. The Morgan fingerprint density at radius 1 is 0.591 bits per heavy atom. The predicted molar refractivity (Wildman–Crippen MR) is 254 cm³/mol. The molecule has 2 amide bonds. The molecule has 344 valence electrons. The highest BCUT2D eigenvalue weighted by atomic mass is 16.5. The van der Waals surface area contributed by atoms with Crippen LogP contribution in [-0.4, -0.2) is 137 Å². The van der Waals surface area contributed by atoms with Crippen molar-refractivity contribution in [2.24, 2.45) is 0 Å². The van der Waals surface area contributed by atoms with Gasteiger partial charge in [-0.2, -0.15) is 0 Å². The average Bonchev–Trinajstić information content (AvgIpc) is 3.82. The summed E-state index contributed by atoms with van der Waals surface area (Å²) in [5.74, 6) is 1.65. The van der Waals surface area contributed by atoms with E-state index in [2.05, 4.69) is 75.3 Å². The lowest BCUT2D eigenvalue weighted by Crippen LogP contribution is -2.40. The summed E-state index contributed by atoms with van der Waals surface area (Å²) in [6.07, 6.45) is 1.85. The maximum atomic E-state index is 13.3. The summed E-state index contributed by atoms with van der Waals surface area (Å²) >= 11 is 0. The normalized spacial score (nSPS) is 16.9. The quantitative estimate of drug-likeness (QED) is 0.130. The molecule has 1 aromatic heterocycles. The van der Waals surface area contributed by atoms with Crippen LogP contribution in [0.1, 0.15) is 38.8 Å². The van der Waals surface area contributed by atoms with Crippen molar-refractivity contribution in [3.05, 3.63) is 113 Å². The van der Waals surface area contributed by atoms with Crippen LogP contribution in [0.15, 0.2) is 91.1 Å². The van der Waals surface area contributed by atoms with Crippen molar-refractivity contribution in [2.45, 2.75) is 20.8 Å². The molecular formula is C51H57N7O8. The summed E-state index contributed by atoms with van der Waals surface area (Å²) in [5, 5.41) is 10.5. The minimum absolute atomic E-state index is 0.293. The average molecular weight is 896 g/mol. The first kappa shape index (κ1) is 44.5. The summed E-state index contributed by atoms with van der Waals surface area (Å²) in [6.45, 7) is 14.0. The van der Waals surface area contributed by atoms with Crippen LogP contribution < -0.4 is 28.9 Å². The molecule has 3 aliphatic heterocycles. The monoisotopic (exact) mass is 895 g/mol. The number of methoxy groups -OCH3 is 1. The molecule has 0 unspecified atom stereocenters. The molecule has 9 rings (SSSR count). The second kappa shape index (κ2) is 20.2. The zero-order valence-electron chi connectivity index (χ0n) is 38.2. The highest BCUT2D eigenvalue weighted by Crippen LogP contribution is 2.38. The van der Waals surface area contributed by atoms with Crippen molar-refractivity contribution in [1.82, 2.24) is 19.9 Å². The number of benzene rings is 5. The van der Waals surface area contributed by atoms with E-state index in [0.29, 0.717) is 127 Å². The van der Waals surface area contributed by atoms with Gasteiger partial charge in [0.15, 0.2) is 0 Å². The third kappa shape index (κ3) is 9.37. The van der Waals surface area contributed by atoms with Gasteiger partial charge in [0.2, 0.25) is 0 Å². The van der Waals surface area contributed by atoms with Crippen LogP contribution in [0.25, 0.3) is 27.7 Å². The molecule has 0 spiro atoms. The van der Waals surface area contributed by atoms with Gasteiger partial charge >= 0.3 is 0 Å². The molecule has 0 atom stereocenters. The lowest BCUT2D eigenvalue weighted by molar-refractivity contribution is 0.0530. The Morgan fingerprint density at radius 2 is 1.12 bits per heavy atom. The van der Waals surface area contributed by atoms with Crippen molar-refractivity contribution in [2.75, 3.05) is 120 Å². The molecule has 1 saturated heterocycles. The molecule has 0 aliphatic carbocycles. The number of anilines is 3. The number of hydrogen-bond donors (Lipinski definition) is 0. The van der Waals surface area contributed by atoms with Crippen molar-refractivity contribution < 1.29 is 38.0 Å². The molecule has 15 heteroatoms. The number of amides is 2. The fraction of sp³-hybridized carbons (Fsp3) is 0.373. The van der Waals surface area contributed by atoms with Crippen LogP contribution in [-0.2, 0) is 14.2 Å². The SMILES string of the molecule is CCN1C(=O)c2cccc3c(-c4cn(-c5ccc(N6CCOc7cc(C)ccc7N7CCOCCOCCN(CCOCC7)c7ccc(C)cc7OCC6)c(OC)c5)nn4)ccc(c23)C1=O. The van der Waals surface area contributed by atoms with Gasteiger partial charge in [-0.05, 0) is 85.8 Å². The van der Waals surface area contributed by atoms with Gasteiger partial charge in [0.05, 0.1) is 88.8 Å². The van der Waals surface area contributed by atoms with Crippen LogP contribution in [0, 0.1) is 13.8 Å². The standard InChI is InChI=1S/C51H57N7O8/c1-5-57-50(59)40-8-6-7-39-38(12-13-41(49(39)40)51(57)60)42-34-58(53-52-42)37-11-16-43(46(33-37)61-4)56-21-27-65-47-31-35(2)9-14-44(47)54-17-23-62-24-18-55(20-26-64-30-29-63-25-19-54)45-15-10-36(3)32-48(45)66-28-22-56/h6-16,31-34H,5,17-30H2,1-4H3.